The fourth-order valence-corrected chi connectivity index (χ4v) is 4.19. The van der Waals surface area contributed by atoms with Crippen LogP contribution >= 0.6 is 0 Å². The molecule has 1 saturated heterocycles. The molecule has 1 heterocycles. The van der Waals surface area contributed by atoms with Gasteiger partial charge in [-0.3, -0.25) is 4.79 Å². The topological polar surface area (TPSA) is 95.9 Å². The Morgan fingerprint density at radius 1 is 1.14 bits per heavy atom. The predicted octanol–water partition coefficient (Wildman–Crippen LogP) is 2.37. The lowest BCUT2D eigenvalue weighted by molar-refractivity contribution is -0.111. The molecule has 28 heavy (non-hydrogen) atoms. The van der Waals surface area contributed by atoms with E-state index in [-0.39, 0.29) is 10.6 Å². The molecule has 0 aromatic heterocycles. The van der Waals surface area contributed by atoms with Crippen molar-refractivity contribution in [2.75, 3.05) is 31.6 Å². The average molecular weight is 402 g/mol. The van der Waals surface area contributed by atoms with E-state index in [1.165, 1.54) is 22.5 Å². The summed E-state index contributed by atoms with van der Waals surface area (Å²) in [6.07, 6.45) is 2.90. The van der Waals surface area contributed by atoms with Crippen LogP contribution in [0.2, 0.25) is 0 Å². The van der Waals surface area contributed by atoms with Gasteiger partial charge in [0.15, 0.2) is 0 Å². The summed E-state index contributed by atoms with van der Waals surface area (Å²) >= 11 is 0. The van der Waals surface area contributed by atoms with Gasteiger partial charge in [-0.1, -0.05) is 18.2 Å². The van der Waals surface area contributed by atoms with Gasteiger partial charge in [-0.15, -0.1) is 0 Å². The Kier molecular flexibility index (Phi) is 6.13. The molecule has 1 aliphatic rings. The van der Waals surface area contributed by atoms with Gasteiger partial charge in [-0.2, -0.15) is 4.31 Å². The third-order valence-corrected chi connectivity index (χ3v) is 6.24. The summed E-state index contributed by atoms with van der Waals surface area (Å²) < 4.78 is 31.8. The lowest BCUT2D eigenvalue weighted by Crippen LogP contribution is -2.40. The smallest absolute Gasteiger partial charge is 0.248 e. The van der Waals surface area contributed by atoms with E-state index in [4.69, 9.17) is 4.74 Å². The zero-order valence-corrected chi connectivity index (χ0v) is 16.3. The second kappa shape index (κ2) is 8.55. The molecule has 0 unspecified atom stereocenters. The van der Waals surface area contributed by atoms with Crippen molar-refractivity contribution in [3.05, 3.63) is 59.7 Å². The Balaban J connectivity index is 1.65. The van der Waals surface area contributed by atoms with Crippen molar-refractivity contribution in [3.8, 4) is 5.75 Å². The van der Waals surface area contributed by atoms with E-state index >= 15 is 0 Å². The molecule has 0 radical (unpaired) electrons. The van der Waals surface area contributed by atoms with Gasteiger partial charge in [-0.05, 0) is 48.4 Å². The number of sulfonamides is 1. The fourth-order valence-electron chi connectivity index (χ4n) is 2.78. The Morgan fingerprint density at radius 3 is 2.46 bits per heavy atom. The molecule has 2 N–H and O–H groups in total. The summed E-state index contributed by atoms with van der Waals surface area (Å²) in [6, 6.07) is 11.3. The maximum absolute atomic E-state index is 12.6. The molecule has 2 aromatic carbocycles. The molecule has 7 nitrogen and oxygen atoms in total. The van der Waals surface area contributed by atoms with Crippen molar-refractivity contribution in [1.82, 2.24) is 4.31 Å². The zero-order chi connectivity index (χ0) is 20.1. The number of anilines is 1. The van der Waals surface area contributed by atoms with E-state index < -0.39 is 15.9 Å². The second-order valence-corrected chi connectivity index (χ2v) is 8.37. The molecule has 3 rings (SSSR count). The van der Waals surface area contributed by atoms with Gasteiger partial charge in [0.05, 0.1) is 23.8 Å². The molecule has 148 valence electrons. The highest BCUT2D eigenvalue weighted by atomic mass is 32.2. The number of carbonyl (C=O) groups is 1. The number of ether oxygens (including phenoxy) is 1. The van der Waals surface area contributed by atoms with Crippen molar-refractivity contribution < 1.29 is 23.1 Å². The van der Waals surface area contributed by atoms with E-state index in [0.29, 0.717) is 37.6 Å². The minimum Gasteiger partial charge on any atom is -0.506 e. The molecule has 1 amide bonds. The molecular weight excluding hydrogens is 380 g/mol. The number of benzene rings is 2. The molecule has 0 atom stereocenters. The van der Waals surface area contributed by atoms with Crippen LogP contribution in [0.5, 0.6) is 5.75 Å². The third kappa shape index (κ3) is 4.78. The van der Waals surface area contributed by atoms with Gasteiger partial charge in [0.1, 0.15) is 5.75 Å². The standard InChI is InChI=1S/C20H22N2O5S/c1-15-2-8-18(19(23)14-15)21-20(24)9-5-16-3-6-17(7-4-16)28(25,26)22-10-12-27-13-11-22/h2-9,14,23H,10-13H2,1H3,(H,21,24). The highest BCUT2D eigenvalue weighted by Crippen LogP contribution is 2.24. The van der Waals surface area contributed by atoms with Crippen LogP contribution in [0.25, 0.3) is 6.08 Å². The number of nitrogens with one attached hydrogen (secondary N) is 1. The average Bonchev–Trinajstić information content (AvgIpc) is 2.69. The Labute approximate surface area is 164 Å². The van der Waals surface area contributed by atoms with Gasteiger partial charge in [-0.25, -0.2) is 8.42 Å². The first-order valence-electron chi connectivity index (χ1n) is 8.83. The van der Waals surface area contributed by atoms with E-state index in [0.717, 1.165) is 5.56 Å². The molecular formula is C20H22N2O5S. The minimum absolute atomic E-state index is 0.000535. The summed E-state index contributed by atoms with van der Waals surface area (Å²) in [5.41, 5.74) is 1.90. The third-order valence-electron chi connectivity index (χ3n) is 4.33. The SMILES string of the molecule is Cc1ccc(NC(=O)C=Cc2ccc(S(=O)(=O)N3CCOCC3)cc2)c(O)c1. The molecule has 0 bridgehead atoms. The van der Waals surface area contributed by atoms with Gasteiger partial charge in [0.25, 0.3) is 0 Å². The molecule has 2 aromatic rings. The Morgan fingerprint density at radius 2 is 1.82 bits per heavy atom. The van der Waals surface area contributed by atoms with Crippen LogP contribution in [-0.4, -0.2) is 50.0 Å². The minimum atomic E-state index is -3.54. The molecule has 1 aliphatic heterocycles. The molecule has 8 heteroatoms. The number of amides is 1. The maximum atomic E-state index is 12.6. The van der Waals surface area contributed by atoms with Crippen LogP contribution in [0.4, 0.5) is 5.69 Å². The van der Waals surface area contributed by atoms with Gasteiger partial charge in [0, 0.05) is 19.2 Å². The van der Waals surface area contributed by atoms with Crippen LogP contribution < -0.4 is 5.32 Å². The zero-order valence-electron chi connectivity index (χ0n) is 15.5. The maximum Gasteiger partial charge on any atom is 0.248 e. The van der Waals surface area contributed by atoms with E-state index in [1.54, 1.807) is 36.4 Å². The van der Waals surface area contributed by atoms with E-state index in [2.05, 4.69) is 5.32 Å². The summed E-state index contributed by atoms with van der Waals surface area (Å²) in [5, 5.41) is 12.4. The van der Waals surface area contributed by atoms with Crippen LogP contribution in [0, 0.1) is 6.92 Å². The number of aryl methyl sites for hydroxylation is 1. The number of phenolic OH excluding ortho intramolecular Hbond substituents is 1. The van der Waals surface area contributed by atoms with Crippen LogP contribution in [0.1, 0.15) is 11.1 Å². The van der Waals surface area contributed by atoms with E-state index in [1.807, 2.05) is 6.92 Å². The highest BCUT2D eigenvalue weighted by Gasteiger charge is 2.25. The first kappa shape index (κ1) is 20.1. The van der Waals surface area contributed by atoms with E-state index in [9.17, 15) is 18.3 Å². The van der Waals surface area contributed by atoms with Crippen molar-refractivity contribution >= 4 is 27.7 Å². The van der Waals surface area contributed by atoms with Crippen molar-refractivity contribution in [2.45, 2.75) is 11.8 Å². The molecule has 0 aliphatic carbocycles. The van der Waals surface area contributed by atoms with Gasteiger partial charge >= 0.3 is 0 Å². The highest BCUT2D eigenvalue weighted by molar-refractivity contribution is 7.89. The number of hydrogen-bond donors (Lipinski definition) is 2. The summed E-state index contributed by atoms with van der Waals surface area (Å²) in [5.74, 6) is -0.399. The lowest BCUT2D eigenvalue weighted by atomic mass is 10.2. The largest absolute Gasteiger partial charge is 0.506 e. The lowest BCUT2D eigenvalue weighted by Gasteiger charge is -2.26. The molecule has 1 fully saturated rings. The van der Waals surface area contributed by atoms with Gasteiger partial charge in [0.2, 0.25) is 15.9 Å². The second-order valence-electron chi connectivity index (χ2n) is 6.43. The number of carbonyl (C=O) groups excluding carboxylic acids is 1. The summed E-state index contributed by atoms with van der Waals surface area (Å²) in [7, 11) is -3.54. The first-order valence-corrected chi connectivity index (χ1v) is 10.3. The Hall–Kier alpha value is -2.68. The predicted molar refractivity (Wildman–Crippen MR) is 107 cm³/mol. The van der Waals surface area contributed by atoms with Gasteiger partial charge < -0.3 is 15.2 Å². The molecule has 0 saturated carbocycles. The van der Waals surface area contributed by atoms with Crippen molar-refractivity contribution in [1.29, 1.82) is 0 Å². The van der Waals surface area contributed by atoms with Crippen molar-refractivity contribution in [3.63, 3.8) is 0 Å². The monoisotopic (exact) mass is 402 g/mol. The number of rotatable bonds is 5. The molecule has 0 spiro atoms. The van der Waals surface area contributed by atoms with Crippen LogP contribution in [-0.2, 0) is 19.6 Å². The number of aromatic hydroxyl groups is 1. The number of hydrogen-bond acceptors (Lipinski definition) is 5. The first-order chi connectivity index (χ1) is 13.4. The normalized spacial score (nSPS) is 15.6. The fraction of sp³-hybridized carbons (Fsp3) is 0.250. The van der Waals surface area contributed by atoms with Crippen LogP contribution in [0.3, 0.4) is 0 Å². The number of nitrogens with zero attached hydrogens (tertiary/aromatic N) is 1. The summed E-state index contributed by atoms with van der Waals surface area (Å²) in [4.78, 5) is 12.2. The Bertz CT molecular complexity index is 978. The van der Waals surface area contributed by atoms with Crippen LogP contribution in [0.15, 0.2) is 53.4 Å². The van der Waals surface area contributed by atoms with Crippen molar-refractivity contribution in [2.24, 2.45) is 0 Å². The quantitative estimate of drug-likeness (QED) is 0.591. The summed E-state index contributed by atoms with van der Waals surface area (Å²) in [6.45, 7) is 3.32. The number of phenols is 1. The number of morpholine rings is 1.